The molecule has 0 amide bonds. The smallest absolute Gasteiger partial charge is 0.151 e. The molecule has 0 bridgehead atoms. The molecule has 2 N–H and O–H groups in total. The van der Waals surface area contributed by atoms with Crippen LogP contribution in [-0.4, -0.2) is 52.8 Å². The van der Waals surface area contributed by atoms with Crippen LogP contribution < -0.4 is 4.90 Å². The Morgan fingerprint density at radius 1 is 1.29 bits per heavy atom. The number of rotatable bonds is 3. The predicted molar refractivity (Wildman–Crippen MR) is 92.7 cm³/mol. The Bertz CT molecular complexity index is 731. The molecule has 0 spiro atoms. The van der Waals surface area contributed by atoms with Crippen LogP contribution in [0.15, 0.2) is 18.2 Å². The highest BCUT2D eigenvalue weighted by Gasteiger charge is 2.22. The number of aryl methyl sites for hydroxylation is 2. The van der Waals surface area contributed by atoms with Gasteiger partial charge in [0.05, 0.1) is 29.9 Å². The minimum Gasteiger partial charge on any atom is -0.507 e. The van der Waals surface area contributed by atoms with Gasteiger partial charge in [0, 0.05) is 13.1 Å². The Hall–Kier alpha value is -1.89. The summed E-state index contributed by atoms with van der Waals surface area (Å²) in [5.74, 6) is 0.817. The number of anilines is 1. The topological polar surface area (TPSA) is 78.7 Å². The van der Waals surface area contributed by atoms with Gasteiger partial charge < -0.3 is 19.8 Å². The largest absolute Gasteiger partial charge is 0.507 e. The summed E-state index contributed by atoms with van der Waals surface area (Å²) in [7, 11) is 0. The summed E-state index contributed by atoms with van der Waals surface area (Å²) in [6.45, 7) is 5.56. The summed E-state index contributed by atoms with van der Waals surface area (Å²) in [5, 5.41) is 28.5. The summed E-state index contributed by atoms with van der Waals surface area (Å²) in [6.07, 6.45) is -0.212. The highest BCUT2D eigenvalue weighted by molar-refractivity contribution is 6.33. The van der Waals surface area contributed by atoms with Crippen LogP contribution in [0, 0.1) is 13.8 Å². The molecule has 0 unspecified atom stereocenters. The molecule has 1 aromatic heterocycles. The second-order valence-corrected chi connectivity index (χ2v) is 6.40. The molecule has 24 heavy (non-hydrogen) atoms. The van der Waals surface area contributed by atoms with Crippen molar-refractivity contribution in [3.8, 4) is 17.0 Å². The van der Waals surface area contributed by atoms with Crippen molar-refractivity contribution < 1.29 is 14.9 Å². The van der Waals surface area contributed by atoms with Crippen molar-refractivity contribution in [3.05, 3.63) is 34.3 Å². The first-order chi connectivity index (χ1) is 11.5. The van der Waals surface area contributed by atoms with Gasteiger partial charge in [0.1, 0.15) is 11.4 Å². The van der Waals surface area contributed by atoms with Gasteiger partial charge in [-0.25, -0.2) is 0 Å². The maximum atomic E-state index is 10.2. The van der Waals surface area contributed by atoms with Crippen molar-refractivity contribution in [2.45, 2.75) is 20.0 Å². The van der Waals surface area contributed by atoms with Gasteiger partial charge in [-0.05, 0) is 43.2 Å². The number of nitrogens with zero attached hydrogens (tertiary/aromatic N) is 3. The molecule has 128 valence electrons. The molecule has 0 aliphatic carbocycles. The highest BCUT2D eigenvalue weighted by Crippen LogP contribution is 2.37. The van der Waals surface area contributed by atoms with Crippen LogP contribution in [-0.2, 0) is 4.74 Å². The van der Waals surface area contributed by atoms with E-state index in [9.17, 15) is 10.2 Å². The van der Waals surface area contributed by atoms with Crippen LogP contribution in [0.1, 0.15) is 11.1 Å². The van der Waals surface area contributed by atoms with Crippen LogP contribution in [0.5, 0.6) is 5.75 Å². The zero-order chi connectivity index (χ0) is 17.3. The summed E-state index contributed by atoms with van der Waals surface area (Å²) in [5.41, 5.74) is 2.81. The first kappa shape index (κ1) is 17.0. The zero-order valence-corrected chi connectivity index (χ0v) is 14.4. The molecule has 1 aliphatic rings. The summed E-state index contributed by atoms with van der Waals surface area (Å²) < 4.78 is 5.45. The number of benzene rings is 1. The van der Waals surface area contributed by atoms with Crippen molar-refractivity contribution in [1.82, 2.24) is 10.2 Å². The number of phenols is 1. The quantitative estimate of drug-likeness (QED) is 0.885. The van der Waals surface area contributed by atoms with Gasteiger partial charge in [-0.15, -0.1) is 10.2 Å². The number of hydrogen-bond acceptors (Lipinski definition) is 6. The fraction of sp³-hybridized carbons (Fsp3) is 0.412. The van der Waals surface area contributed by atoms with E-state index in [1.54, 1.807) is 12.1 Å². The van der Waals surface area contributed by atoms with E-state index in [4.69, 9.17) is 16.3 Å². The molecular formula is C17H20ClN3O3. The number of hydrogen-bond donors (Lipinski definition) is 2. The van der Waals surface area contributed by atoms with Crippen LogP contribution in [0.4, 0.5) is 5.82 Å². The fourth-order valence-corrected chi connectivity index (χ4v) is 3.23. The second-order valence-electron chi connectivity index (χ2n) is 6.00. The molecule has 0 saturated carbocycles. The number of phenolic OH excluding ortho intramolecular Hbond substituents is 1. The van der Waals surface area contributed by atoms with Gasteiger partial charge in [-0.2, -0.15) is 0 Å². The average molecular weight is 350 g/mol. The summed E-state index contributed by atoms with van der Waals surface area (Å²) >= 11 is 6.29. The number of aromatic nitrogens is 2. The lowest BCUT2D eigenvalue weighted by atomic mass is 10.0. The van der Waals surface area contributed by atoms with Crippen LogP contribution in [0.2, 0.25) is 5.02 Å². The monoisotopic (exact) mass is 349 g/mol. The van der Waals surface area contributed by atoms with Crippen molar-refractivity contribution in [2.75, 3.05) is 31.2 Å². The molecule has 1 saturated heterocycles. The normalized spacial score (nSPS) is 18.0. The van der Waals surface area contributed by atoms with E-state index in [1.165, 1.54) is 0 Å². The van der Waals surface area contributed by atoms with E-state index in [2.05, 4.69) is 10.2 Å². The first-order valence-corrected chi connectivity index (χ1v) is 8.18. The fourth-order valence-electron chi connectivity index (χ4n) is 2.87. The first-order valence-electron chi connectivity index (χ1n) is 7.81. The summed E-state index contributed by atoms with van der Waals surface area (Å²) in [6, 6.07) is 5.36. The molecule has 1 fully saturated rings. The molecule has 3 rings (SSSR count). The van der Waals surface area contributed by atoms with Gasteiger partial charge >= 0.3 is 0 Å². The number of halogens is 1. The highest BCUT2D eigenvalue weighted by atomic mass is 35.5. The maximum Gasteiger partial charge on any atom is 0.151 e. The van der Waals surface area contributed by atoms with E-state index in [0.717, 1.165) is 16.9 Å². The third-order valence-electron chi connectivity index (χ3n) is 4.09. The molecule has 1 aliphatic heterocycles. The molecule has 6 nitrogen and oxygen atoms in total. The lowest BCUT2D eigenvalue weighted by Crippen LogP contribution is -2.44. The minimum atomic E-state index is -0.212. The van der Waals surface area contributed by atoms with Gasteiger partial charge in [0.15, 0.2) is 5.82 Å². The third-order valence-corrected chi connectivity index (χ3v) is 4.39. The van der Waals surface area contributed by atoms with Crippen LogP contribution in [0.25, 0.3) is 11.3 Å². The number of aliphatic hydroxyl groups excluding tert-OH is 1. The maximum absolute atomic E-state index is 10.2. The molecule has 2 aromatic rings. The lowest BCUT2D eigenvalue weighted by Gasteiger charge is -2.32. The Morgan fingerprint density at radius 3 is 2.75 bits per heavy atom. The molecule has 7 heteroatoms. The van der Waals surface area contributed by atoms with Crippen molar-refractivity contribution in [3.63, 3.8) is 0 Å². The van der Waals surface area contributed by atoms with E-state index in [-0.39, 0.29) is 18.5 Å². The molecule has 0 radical (unpaired) electrons. The predicted octanol–water partition coefficient (Wildman–Crippen LogP) is 2.32. The third kappa shape index (κ3) is 3.31. The van der Waals surface area contributed by atoms with Gasteiger partial charge in [0.25, 0.3) is 0 Å². The molecule has 1 aromatic carbocycles. The molecule has 2 heterocycles. The minimum absolute atomic E-state index is 0.0200. The molecule has 1 atom stereocenters. The standard InChI is InChI=1S/C17H20ClN3O3/c1-10-5-13(18)16(14(23)6-10)17-11(2)7-15(19-20-17)21-3-4-24-12(8-21)9-22/h5-7,12,22-23H,3-4,8-9H2,1-2H3/t12-/m0/s1. The number of aliphatic hydroxyl groups is 1. The summed E-state index contributed by atoms with van der Waals surface area (Å²) in [4.78, 5) is 2.03. The van der Waals surface area contributed by atoms with E-state index >= 15 is 0 Å². The number of ether oxygens (including phenoxy) is 1. The number of morpholine rings is 1. The number of aromatic hydroxyl groups is 1. The van der Waals surface area contributed by atoms with E-state index in [1.807, 2.05) is 24.8 Å². The zero-order valence-electron chi connectivity index (χ0n) is 13.7. The van der Waals surface area contributed by atoms with Gasteiger partial charge in [-0.1, -0.05) is 11.6 Å². The van der Waals surface area contributed by atoms with E-state index in [0.29, 0.717) is 36.0 Å². The SMILES string of the molecule is Cc1cc(O)c(-c2nnc(N3CCO[C@H](CO)C3)cc2C)c(Cl)c1. The van der Waals surface area contributed by atoms with Crippen molar-refractivity contribution >= 4 is 17.4 Å². The van der Waals surface area contributed by atoms with Crippen molar-refractivity contribution in [1.29, 1.82) is 0 Å². The second kappa shape index (κ2) is 6.93. The van der Waals surface area contributed by atoms with E-state index < -0.39 is 0 Å². The Kier molecular flexibility index (Phi) is 4.89. The Labute approximate surface area is 145 Å². The lowest BCUT2D eigenvalue weighted by molar-refractivity contribution is 0.00332. The van der Waals surface area contributed by atoms with Crippen LogP contribution in [0.3, 0.4) is 0 Å². The average Bonchev–Trinajstić information content (AvgIpc) is 2.55. The van der Waals surface area contributed by atoms with Crippen molar-refractivity contribution in [2.24, 2.45) is 0 Å². The van der Waals surface area contributed by atoms with Gasteiger partial charge in [-0.3, -0.25) is 0 Å². The van der Waals surface area contributed by atoms with Crippen LogP contribution >= 0.6 is 11.6 Å². The van der Waals surface area contributed by atoms with Gasteiger partial charge in [0.2, 0.25) is 0 Å². The Balaban J connectivity index is 1.94. The molecular weight excluding hydrogens is 330 g/mol. The Morgan fingerprint density at radius 2 is 2.08 bits per heavy atom.